The van der Waals surface area contributed by atoms with E-state index in [-0.39, 0.29) is 25.2 Å². The van der Waals surface area contributed by atoms with Crippen LogP contribution in [0, 0.1) is 18.3 Å². The highest BCUT2D eigenvalue weighted by molar-refractivity contribution is 5.93. The number of nitrogens with zero attached hydrogens (tertiary/aromatic N) is 2. The van der Waals surface area contributed by atoms with Crippen LogP contribution in [0.4, 0.5) is 13.2 Å². The van der Waals surface area contributed by atoms with Gasteiger partial charge in [0, 0.05) is 19.3 Å². The van der Waals surface area contributed by atoms with E-state index in [2.05, 4.69) is 15.1 Å². The number of alkyl halides is 3. The molecular weight excluding hydrogens is 357 g/mol. The molecule has 1 aromatic heterocycles. The van der Waals surface area contributed by atoms with Gasteiger partial charge in [-0.05, 0) is 19.4 Å². The van der Waals surface area contributed by atoms with Gasteiger partial charge in [0.05, 0.1) is 24.3 Å². The van der Waals surface area contributed by atoms with E-state index in [1.54, 1.807) is 6.92 Å². The van der Waals surface area contributed by atoms with Crippen LogP contribution in [0.1, 0.15) is 28.2 Å². The van der Waals surface area contributed by atoms with Crippen molar-refractivity contribution in [1.82, 2.24) is 15.4 Å². The third kappa shape index (κ3) is 4.53. The maximum atomic E-state index is 12.3. The van der Waals surface area contributed by atoms with Crippen LogP contribution in [0.25, 0.3) is 0 Å². The number of aryl methyl sites for hydroxylation is 1. The lowest BCUT2D eigenvalue weighted by atomic mass is 10.0. The predicted molar refractivity (Wildman–Crippen MR) is 80.6 cm³/mol. The van der Waals surface area contributed by atoms with Crippen molar-refractivity contribution in [2.45, 2.75) is 31.7 Å². The zero-order valence-electron chi connectivity index (χ0n) is 14.0. The number of piperidine rings is 1. The molecule has 0 bridgehead atoms. The number of aromatic nitrogens is 1. The molecule has 2 N–H and O–H groups in total. The van der Waals surface area contributed by atoms with Crippen LogP contribution >= 0.6 is 0 Å². The normalized spacial score (nSPS) is 21.1. The van der Waals surface area contributed by atoms with Crippen molar-refractivity contribution in [3.63, 3.8) is 0 Å². The number of amides is 1. The SMILES string of the molecule is CO[C@H]1CN(OC(=O)C(F)(F)F)CC[C@H]1NC(=O)c1cc(C#N)c(C)[nH]1. The predicted octanol–water partition coefficient (Wildman–Crippen LogP) is 1.03. The van der Waals surface area contributed by atoms with Crippen molar-refractivity contribution in [1.29, 1.82) is 5.26 Å². The third-order valence-corrected chi connectivity index (χ3v) is 3.96. The van der Waals surface area contributed by atoms with E-state index in [1.165, 1.54) is 13.2 Å². The van der Waals surface area contributed by atoms with E-state index in [0.29, 0.717) is 11.3 Å². The summed E-state index contributed by atoms with van der Waals surface area (Å²) in [6.07, 6.45) is -5.56. The zero-order chi connectivity index (χ0) is 19.5. The molecule has 1 amide bonds. The summed E-state index contributed by atoms with van der Waals surface area (Å²) in [5, 5.41) is 12.5. The van der Waals surface area contributed by atoms with Gasteiger partial charge >= 0.3 is 12.1 Å². The van der Waals surface area contributed by atoms with Crippen LogP contribution in [-0.4, -0.2) is 60.4 Å². The molecule has 1 aromatic rings. The first-order chi connectivity index (χ1) is 12.2. The Balaban J connectivity index is 1.98. The fourth-order valence-electron chi connectivity index (χ4n) is 2.59. The van der Waals surface area contributed by atoms with E-state index in [4.69, 9.17) is 10.00 Å². The first kappa shape index (κ1) is 19.7. The molecule has 2 heterocycles. The number of hydrogen-bond donors (Lipinski definition) is 2. The number of carbonyl (C=O) groups excluding carboxylic acids is 2. The molecule has 8 nitrogen and oxygen atoms in total. The molecule has 0 saturated carbocycles. The molecule has 0 spiro atoms. The number of H-pyrrole nitrogens is 1. The van der Waals surface area contributed by atoms with Crippen LogP contribution in [0.15, 0.2) is 6.07 Å². The summed E-state index contributed by atoms with van der Waals surface area (Å²) in [5.41, 5.74) is 1.09. The van der Waals surface area contributed by atoms with Gasteiger partial charge in [0.15, 0.2) is 0 Å². The van der Waals surface area contributed by atoms with E-state index in [9.17, 15) is 22.8 Å². The average Bonchev–Trinajstić information content (AvgIpc) is 2.96. The summed E-state index contributed by atoms with van der Waals surface area (Å²) in [6.45, 7) is 1.52. The average molecular weight is 374 g/mol. The summed E-state index contributed by atoms with van der Waals surface area (Å²) < 4.78 is 42.0. The molecule has 1 aliphatic heterocycles. The number of nitriles is 1. The second-order valence-corrected chi connectivity index (χ2v) is 5.74. The Labute approximate surface area is 146 Å². The lowest BCUT2D eigenvalue weighted by Gasteiger charge is -2.36. The summed E-state index contributed by atoms with van der Waals surface area (Å²) in [5.74, 6) is -2.77. The lowest BCUT2D eigenvalue weighted by Crippen LogP contribution is -2.55. The molecule has 0 aromatic carbocycles. The second kappa shape index (κ2) is 7.76. The van der Waals surface area contributed by atoms with Crippen molar-refractivity contribution in [3.05, 3.63) is 23.0 Å². The Morgan fingerprint density at radius 1 is 1.46 bits per heavy atom. The molecule has 0 unspecified atom stereocenters. The Hall–Kier alpha value is -2.58. The second-order valence-electron chi connectivity index (χ2n) is 5.74. The topological polar surface area (TPSA) is 107 Å². The molecule has 2 atom stereocenters. The molecular formula is C15H17F3N4O4. The van der Waals surface area contributed by atoms with Gasteiger partial charge in [-0.1, -0.05) is 0 Å². The fraction of sp³-hybridized carbons (Fsp3) is 0.533. The van der Waals surface area contributed by atoms with Crippen LogP contribution in [0.3, 0.4) is 0 Å². The molecule has 2 rings (SSSR count). The summed E-state index contributed by atoms with van der Waals surface area (Å²) >= 11 is 0. The van der Waals surface area contributed by atoms with Crippen molar-refractivity contribution >= 4 is 11.9 Å². The maximum absolute atomic E-state index is 12.3. The number of hydroxylamine groups is 2. The molecule has 1 saturated heterocycles. The van der Waals surface area contributed by atoms with Crippen molar-refractivity contribution < 1.29 is 32.3 Å². The van der Waals surface area contributed by atoms with Crippen molar-refractivity contribution in [2.75, 3.05) is 20.2 Å². The summed E-state index contributed by atoms with van der Waals surface area (Å²) in [4.78, 5) is 30.3. The minimum atomic E-state index is -5.09. The monoisotopic (exact) mass is 374 g/mol. The quantitative estimate of drug-likeness (QED) is 0.815. The number of rotatable bonds is 4. The minimum absolute atomic E-state index is 0.000172. The Morgan fingerprint density at radius 3 is 2.69 bits per heavy atom. The molecule has 0 radical (unpaired) electrons. The van der Waals surface area contributed by atoms with Crippen molar-refractivity contribution in [2.24, 2.45) is 0 Å². The number of aromatic amines is 1. The van der Waals surface area contributed by atoms with E-state index >= 15 is 0 Å². The first-order valence-electron chi connectivity index (χ1n) is 7.63. The highest BCUT2D eigenvalue weighted by atomic mass is 19.4. The summed E-state index contributed by atoms with van der Waals surface area (Å²) in [7, 11) is 1.34. The van der Waals surface area contributed by atoms with Gasteiger partial charge in [0.2, 0.25) is 0 Å². The van der Waals surface area contributed by atoms with E-state index in [0.717, 1.165) is 5.06 Å². The van der Waals surface area contributed by atoms with Gasteiger partial charge < -0.3 is 19.9 Å². The Kier molecular flexibility index (Phi) is 5.89. The van der Waals surface area contributed by atoms with Crippen LogP contribution < -0.4 is 5.32 Å². The zero-order valence-corrected chi connectivity index (χ0v) is 14.0. The largest absolute Gasteiger partial charge is 0.492 e. The van der Waals surface area contributed by atoms with Crippen LogP contribution in [0.5, 0.6) is 0 Å². The van der Waals surface area contributed by atoms with Gasteiger partial charge in [0.25, 0.3) is 5.91 Å². The van der Waals surface area contributed by atoms with Crippen LogP contribution in [-0.2, 0) is 14.4 Å². The maximum Gasteiger partial charge on any atom is 0.492 e. The standard InChI is InChI=1S/C15H17F3N4O4/c1-8-9(6-19)5-11(20-8)13(23)21-10-3-4-22(7-12(10)25-2)26-14(24)15(16,17)18/h5,10,12,20H,3-4,7H2,1-2H3,(H,21,23)/t10-,12+/m1/s1. The van der Waals surface area contributed by atoms with E-state index < -0.39 is 30.2 Å². The number of methoxy groups -OCH3 is 1. The molecule has 11 heteroatoms. The Morgan fingerprint density at radius 2 is 2.15 bits per heavy atom. The molecule has 1 aliphatic rings. The number of carbonyl (C=O) groups is 2. The third-order valence-electron chi connectivity index (χ3n) is 3.96. The highest BCUT2D eigenvalue weighted by Crippen LogP contribution is 2.20. The van der Waals surface area contributed by atoms with Gasteiger partial charge in [-0.25, -0.2) is 4.79 Å². The fourth-order valence-corrected chi connectivity index (χ4v) is 2.59. The van der Waals surface area contributed by atoms with Gasteiger partial charge in [0.1, 0.15) is 11.8 Å². The Bertz CT molecular complexity index is 725. The van der Waals surface area contributed by atoms with Crippen LogP contribution in [0.2, 0.25) is 0 Å². The number of halogens is 3. The van der Waals surface area contributed by atoms with Gasteiger partial charge in [-0.15, -0.1) is 5.06 Å². The van der Waals surface area contributed by atoms with Gasteiger partial charge in [-0.3, -0.25) is 4.79 Å². The van der Waals surface area contributed by atoms with Crippen molar-refractivity contribution in [3.8, 4) is 6.07 Å². The number of nitrogens with one attached hydrogen (secondary N) is 2. The number of hydrogen-bond acceptors (Lipinski definition) is 6. The minimum Gasteiger partial charge on any atom is -0.378 e. The van der Waals surface area contributed by atoms with E-state index in [1.807, 2.05) is 6.07 Å². The van der Waals surface area contributed by atoms with Gasteiger partial charge in [-0.2, -0.15) is 18.4 Å². The first-order valence-corrected chi connectivity index (χ1v) is 7.63. The lowest BCUT2D eigenvalue weighted by molar-refractivity contribution is -0.247. The smallest absolute Gasteiger partial charge is 0.378 e. The molecule has 26 heavy (non-hydrogen) atoms. The highest BCUT2D eigenvalue weighted by Gasteiger charge is 2.44. The molecule has 1 fully saturated rings. The summed E-state index contributed by atoms with van der Waals surface area (Å²) in [6, 6.07) is 2.86. The number of ether oxygens (including phenoxy) is 1. The molecule has 142 valence electrons. The molecule has 0 aliphatic carbocycles.